The Bertz CT molecular complexity index is 357. The molecular formula is C31H62O2. The van der Waals surface area contributed by atoms with Crippen LogP contribution in [-0.2, 0) is 9.53 Å². The van der Waals surface area contributed by atoms with E-state index in [4.69, 9.17) is 4.74 Å². The van der Waals surface area contributed by atoms with Crippen LogP contribution in [0.15, 0.2) is 0 Å². The van der Waals surface area contributed by atoms with Gasteiger partial charge in [-0.15, -0.1) is 0 Å². The fourth-order valence-electron chi connectivity index (χ4n) is 4.78. The van der Waals surface area contributed by atoms with Crippen LogP contribution in [0.1, 0.15) is 181 Å². The van der Waals surface area contributed by atoms with Gasteiger partial charge in [0.1, 0.15) is 0 Å². The van der Waals surface area contributed by atoms with E-state index in [1.165, 1.54) is 141 Å². The molecule has 0 amide bonds. The minimum atomic E-state index is 0.0373. The Balaban J connectivity index is 3.98. The third-order valence-electron chi connectivity index (χ3n) is 7.15. The first-order chi connectivity index (χ1) is 16.2. The lowest BCUT2D eigenvalue weighted by atomic mass is 9.94. The highest BCUT2D eigenvalue weighted by molar-refractivity contribution is 5.69. The molecule has 0 aromatic heterocycles. The maximum atomic E-state index is 12.1. The Labute approximate surface area is 209 Å². The van der Waals surface area contributed by atoms with Crippen LogP contribution in [0, 0.1) is 5.92 Å². The highest BCUT2D eigenvalue weighted by Gasteiger charge is 2.12. The topological polar surface area (TPSA) is 26.3 Å². The van der Waals surface area contributed by atoms with Gasteiger partial charge >= 0.3 is 5.97 Å². The van der Waals surface area contributed by atoms with Gasteiger partial charge in [-0.3, -0.25) is 4.79 Å². The van der Waals surface area contributed by atoms with Gasteiger partial charge in [0.05, 0.1) is 6.61 Å². The van der Waals surface area contributed by atoms with E-state index >= 15 is 0 Å². The lowest BCUT2D eigenvalue weighted by Gasteiger charge is -2.17. The summed E-state index contributed by atoms with van der Waals surface area (Å²) in [5.74, 6) is 0.619. The Morgan fingerprint density at radius 1 is 0.485 bits per heavy atom. The molecule has 0 bridgehead atoms. The van der Waals surface area contributed by atoms with Gasteiger partial charge in [-0.2, -0.15) is 0 Å². The average Bonchev–Trinajstić information content (AvgIpc) is 2.82. The first-order valence-corrected chi connectivity index (χ1v) is 15.4. The Hall–Kier alpha value is -0.530. The molecule has 0 fully saturated rings. The number of unbranched alkanes of at least 4 members (excludes halogenated alkanes) is 19. The van der Waals surface area contributed by atoms with Crippen LogP contribution < -0.4 is 0 Å². The number of hydrogen-bond acceptors (Lipinski definition) is 2. The largest absolute Gasteiger partial charge is 0.465 e. The number of rotatable bonds is 27. The van der Waals surface area contributed by atoms with Crippen LogP contribution in [-0.4, -0.2) is 12.6 Å². The van der Waals surface area contributed by atoms with E-state index in [-0.39, 0.29) is 5.97 Å². The SMILES string of the molecule is CCCCCCCCCCCC(CCCCCCCCCCC)COC(=O)CCCCCC. The number of ether oxygens (including phenoxy) is 1. The molecule has 0 radical (unpaired) electrons. The molecule has 0 unspecified atom stereocenters. The van der Waals surface area contributed by atoms with E-state index in [1.54, 1.807) is 0 Å². The zero-order valence-electron chi connectivity index (χ0n) is 23.3. The van der Waals surface area contributed by atoms with Crippen molar-refractivity contribution in [2.24, 2.45) is 5.92 Å². The van der Waals surface area contributed by atoms with Crippen molar-refractivity contribution in [1.29, 1.82) is 0 Å². The van der Waals surface area contributed by atoms with Crippen molar-refractivity contribution in [3.63, 3.8) is 0 Å². The molecule has 33 heavy (non-hydrogen) atoms. The van der Waals surface area contributed by atoms with Gasteiger partial charge in [0, 0.05) is 6.42 Å². The van der Waals surface area contributed by atoms with Gasteiger partial charge in [-0.25, -0.2) is 0 Å². The van der Waals surface area contributed by atoms with Crippen molar-refractivity contribution < 1.29 is 9.53 Å². The second-order valence-electron chi connectivity index (χ2n) is 10.6. The van der Waals surface area contributed by atoms with Crippen molar-refractivity contribution in [3.8, 4) is 0 Å². The maximum Gasteiger partial charge on any atom is 0.305 e. The molecule has 0 aliphatic rings. The average molecular weight is 467 g/mol. The first-order valence-electron chi connectivity index (χ1n) is 15.4. The molecule has 0 heterocycles. The smallest absolute Gasteiger partial charge is 0.305 e. The van der Waals surface area contributed by atoms with Gasteiger partial charge in [0.2, 0.25) is 0 Å². The summed E-state index contributed by atoms with van der Waals surface area (Å²) in [7, 11) is 0. The van der Waals surface area contributed by atoms with Crippen LogP contribution in [0.25, 0.3) is 0 Å². The summed E-state index contributed by atoms with van der Waals surface area (Å²) >= 11 is 0. The van der Waals surface area contributed by atoms with Crippen LogP contribution in [0.3, 0.4) is 0 Å². The van der Waals surface area contributed by atoms with E-state index in [0.29, 0.717) is 18.9 Å². The molecule has 0 aromatic carbocycles. The minimum Gasteiger partial charge on any atom is -0.465 e. The highest BCUT2D eigenvalue weighted by Crippen LogP contribution is 2.21. The van der Waals surface area contributed by atoms with E-state index in [0.717, 1.165) is 12.8 Å². The predicted octanol–water partition coefficient (Wildman–Crippen LogP) is 11.0. The Morgan fingerprint density at radius 2 is 0.818 bits per heavy atom. The van der Waals surface area contributed by atoms with Gasteiger partial charge in [-0.05, 0) is 25.2 Å². The van der Waals surface area contributed by atoms with Crippen LogP contribution in [0.5, 0.6) is 0 Å². The first kappa shape index (κ1) is 32.5. The summed E-state index contributed by atoms with van der Waals surface area (Å²) in [5.41, 5.74) is 0. The van der Waals surface area contributed by atoms with Crippen LogP contribution in [0.2, 0.25) is 0 Å². The number of hydrogen-bond donors (Lipinski definition) is 0. The highest BCUT2D eigenvalue weighted by atomic mass is 16.5. The molecule has 2 nitrogen and oxygen atoms in total. The molecule has 0 atom stereocenters. The summed E-state index contributed by atoms with van der Waals surface area (Å²) in [5, 5.41) is 0. The van der Waals surface area contributed by atoms with Crippen molar-refractivity contribution >= 4 is 5.97 Å². The van der Waals surface area contributed by atoms with E-state index in [1.807, 2.05) is 0 Å². The molecule has 0 rings (SSSR count). The molecule has 198 valence electrons. The van der Waals surface area contributed by atoms with Crippen LogP contribution in [0.4, 0.5) is 0 Å². The molecule has 0 aliphatic carbocycles. The lowest BCUT2D eigenvalue weighted by Crippen LogP contribution is -2.14. The van der Waals surface area contributed by atoms with Crippen molar-refractivity contribution in [1.82, 2.24) is 0 Å². The van der Waals surface area contributed by atoms with Crippen molar-refractivity contribution in [2.75, 3.05) is 6.61 Å². The Morgan fingerprint density at radius 3 is 1.21 bits per heavy atom. The minimum absolute atomic E-state index is 0.0373. The normalized spacial score (nSPS) is 11.4. The van der Waals surface area contributed by atoms with Gasteiger partial charge in [-0.1, -0.05) is 156 Å². The molecular weight excluding hydrogens is 404 g/mol. The standard InChI is InChI=1S/C31H62O2/c1-4-7-10-13-15-17-19-21-23-26-30(29-33-31(32)28-25-12-9-6-3)27-24-22-20-18-16-14-11-8-5-2/h30H,4-29H2,1-3H3. The summed E-state index contributed by atoms with van der Waals surface area (Å²) in [6.45, 7) is 7.45. The predicted molar refractivity (Wildman–Crippen MR) is 147 cm³/mol. The fraction of sp³-hybridized carbons (Fsp3) is 0.968. The van der Waals surface area contributed by atoms with E-state index < -0.39 is 0 Å². The monoisotopic (exact) mass is 466 g/mol. The zero-order valence-corrected chi connectivity index (χ0v) is 23.3. The van der Waals surface area contributed by atoms with Crippen molar-refractivity contribution in [3.05, 3.63) is 0 Å². The van der Waals surface area contributed by atoms with Crippen molar-refractivity contribution in [2.45, 2.75) is 181 Å². The van der Waals surface area contributed by atoms with E-state index in [2.05, 4.69) is 20.8 Å². The second kappa shape index (κ2) is 27.7. The third kappa shape index (κ3) is 25.9. The second-order valence-corrected chi connectivity index (χ2v) is 10.6. The van der Waals surface area contributed by atoms with Gasteiger partial charge in [0.25, 0.3) is 0 Å². The summed E-state index contributed by atoms with van der Waals surface area (Å²) in [6, 6.07) is 0. The van der Waals surface area contributed by atoms with Gasteiger partial charge < -0.3 is 4.74 Å². The fourth-order valence-corrected chi connectivity index (χ4v) is 4.78. The zero-order chi connectivity index (χ0) is 24.2. The molecule has 0 saturated heterocycles. The quantitative estimate of drug-likeness (QED) is 0.0888. The number of carbonyl (C=O) groups excluding carboxylic acids is 1. The molecule has 2 heteroatoms. The molecule has 0 saturated carbocycles. The molecule has 0 N–H and O–H groups in total. The lowest BCUT2D eigenvalue weighted by molar-refractivity contribution is -0.145. The molecule has 0 aromatic rings. The Kier molecular flexibility index (Phi) is 27.3. The number of carbonyl (C=O) groups is 1. The summed E-state index contributed by atoms with van der Waals surface area (Å²) in [4.78, 5) is 12.1. The number of esters is 1. The molecule has 0 spiro atoms. The van der Waals surface area contributed by atoms with Crippen LogP contribution >= 0.6 is 0 Å². The molecule has 0 aliphatic heterocycles. The summed E-state index contributed by atoms with van der Waals surface area (Å²) in [6.07, 6.45) is 32.6. The third-order valence-corrected chi connectivity index (χ3v) is 7.15. The maximum absolute atomic E-state index is 12.1. The van der Waals surface area contributed by atoms with Gasteiger partial charge in [0.15, 0.2) is 0 Å². The van der Waals surface area contributed by atoms with E-state index in [9.17, 15) is 4.79 Å². The summed E-state index contributed by atoms with van der Waals surface area (Å²) < 4.78 is 5.71.